The van der Waals surface area contributed by atoms with Gasteiger partial charge in [-0.1, -0.05) is 140 Å². The predicted octanol–water partition coefficient (Wildman–Crippen LogP) is 12.0. The number of hydrogen-bond donors (Lipinski definition) is 1. The van der Waals surface area contributed by atoms with Crippen LogP contribution < -0.4 is 0 Å². The van der Waals surface area contributed by atoms with E-state index in [2.05, 4.69) is 62.5 Å². The van der Waals surface area contributed by atoms with Gasteiger partial charge in [0.1, 0.15) is 0 Å². The van der Waals surface area contributed by atoms with E-state index >= 15 is 0 Å². The van der Waals surface area contributed by atoms with E-state index < -0.39 is 6.29 Å². The van der Waals surface area contributed by atoms with E-state index in [-0.39, 0.29) is 0 Å². The number of hydrogen-bond acceptors (Lipinski definition) is 3. The highest BCUT2D eigenvalue weighted by Crippen LogP contribution is 2.10. The number of unbranched alkanes of at least 4 members (excludes halogenated alkanes) is 18. The van der Waals surface area contributed by atoms with E-state index in [4.69, 9.17) is 9.47 Å². The van der Waals surface area contributed by atoms with Crippen LogP contribution in [0.1, 0.15) is 168 Å². The molecule has 1 atom stereocenters. The quantitative estimate of drug-likeness (QED) is 0.0481. The molecular weight excluding hydrogens is 504 g/mol. The Kier molecular flexibility index (Phi) is 35.8. The second-order valence-electron chi connectivity index (χ2n) is 11.6. The molecule has 41 heavy (non-hydrogen) atoms. The average Bonchev–Trinajstić information content (AvgIpc) is 2.98. The topological polar surface area (TPSA) is 38.7 Å². The van der Waals surface area contributed by atoms with Crippen LogP contribution in [0, 0.1) is 0 Å². The number of aliphatic hydroxyl groups is 1. The van der Waals surface area contributed by atoms with Crippen molar-refractivity contribution >= 4 is 0 Å². The first-order chi connectivity index (χ1) is 20.3. The van der Waals surface area contributed by atoms with Crippen LogP contribution >= 0.6 is 0 Å². The minimum atomic E-state index is -0.780. The Bertz CT molecular complexity index is 592. The molecule has 0 heterocycles. The van der Waals surface area contributed by atoms with Crippen molar-refractivity contribution in [3.8, 4) is 0 Å². The molecule has 0 bridgehead atoms. The largest absolute Gasteiger partial charge is 0.376 e. The Balaban J connectivity index is 3.27. The van der Waals surface area contributed by atoms with Gasteiger partial charge in [0.05, 0.1) is 6.61 Å². The fraction of sp³-hybridized carbons (Fsp3) is 0.789. The second kappa shape index (κ2) is 36.9. The standard InChI is InChI=1S/C38H70O3/c1-3-5-7-9-11-13-15-17-19-21-23-25-27-29-31-33-35-40-37-38(39)41-36-34-32-30-28-26-24-22-20-18-16-14-12-10-8-6-4-2/h11-14,17-20,38-39H,3-10,15-16,21-37H2,1-2H3/b13-11-,14-12-,19-17-,20-18-. The molecule has 0 rings (SSSR count). The Labute approximate surface area is 257 Å². The number of ether oxygens (including phenoxy) is 2. The van der Waals surface area contributed by atoms with E-state index in [1.54, 1.807) is 0 Å². The predicted molar refractivity (Wildman–Crippen MR) is 181 cm³/mol. The van der Waals surface area contributed by atoms with Crippen LogP contribution in [0.3, 0.4) is 0 Å². The van der Waals surface area contributed by atoms with Crippen molar-refractivity contribution in [2.45, 2.75) is 174 Å². The monoisotopic (exact) mass is 575 g/mol. The van der Waals surface area contributed by atoms with Crippen LogP contribution in [0.25, 0.3) is 0 Å². The molecule has 0 radical (unpaired) electrons. The lowest BCUT2D eigenvalue weighted by Gasteiger charge is -2.12. The van der Waals surface area contributed by atoms with Crippen LogP contribution in [0.15, 0.2) is 48.6 Å². The molecule has 3 nitrogen and oxygen atoms in total. The zero-order valence-corrected chi connectivity index (χ0v) is 27.6. The summed E-state index contributed by atoms with van der Waals surface area (Å²) in [5.41, 5.74) is 0. The molecule has 0 aromatic carbocycles. The zero-order chi connectivity index (χ0) is 29.7. The van der Waals surface area contributed by atoms with Gasteiger partial charge in [0.25, 0.3) is 0 Å². The Morgan fingerprint density at radius 1 is 0.439 bits per heavy atom. The van der Waals surface area contributed by atoms with Gasteiger partial charge in [-0.05, 0) is 77.0 Å². The second-order valence-corrected chi connectivity index (χ2v) is 11.6. The smallest absolute Gasteiger partial charge is 0.178 e. The molecule has 0 saturated carbocycles. The first-order valence-corrected chi connectivity index (χ1v) is 17.8. The van der Waals surface area contributed by atoms with Crippen molar-refractivity contribution < 1.29 is 14.6 Å². The van der Waals surface area contributed by atoms with Crippen molar-refractivity contribution in [2.75, 3.05) is 19.8 Å². The summed E-state index contributed by atoms with van der Waals surface area (Å²) < 4.78 is 11.1. The van der Waals surface area contributed by atoms with Crippen LogP contribution in [0.5, 0.6) is 0 Å². The molecule has 0 aliphatic heterocycles. The summed E-state index contributed by atoms with van der Waals surface area (Å²) in [5, 5.41) is 9.94. The number of rotatable bonds is 33. The minimum absolute atomic E-state index is 0.294. The highest BCUT2D eigenvalue weighted by Gasteiger charge is 2.04. The third kappa shape index (κ3) is 36.8. The maximum Gasteiger partial charge on any atom is 0.178 e. The molecule has 3 heteroatoms. The summed E-state index contributed by atoms with van der Waals surface area (Å²) in [6.45, 7) is 6.15. The maximum atomic E-state index is 9.94. The van der Waals surface area contributed by atoms with Crippen molar-refractivity contribution in [1.29, 1.82) is 0 Å². The first kappa shape index (κ1) is 39.8. The van der Waals surface area contributed by atoms with Crippen LogP contribution in [-0.4, -0.2) is 31.2 Å². The summed E-state index contributed by atoms with van der Waals surface area (Å²) in [7, 11) is 0. The Hall–Kier alpha value is -1.16. The van der Waals surface area contributed by atoms with E-state index in [9.17, 15) is 5.11 Å². The van der Waals surface area contributed by atoms with Gasteiger partial charge < -0.3 is 14.6 Å². The van der Waals surface area contributed by atoms with Crippen LogP contribution in [0.4, 0.5) is 0 Å². The molecule has 1 unspecified atom stereocenters. The van der Waals surface area contributed by atoms with Gasteiger partial charge in [-0.2, -0.15) is 0 Å². The van der Waals surface area contributed by atoms with E-state index in [0.717, 1.165) is 32.3 Å². The average molecular weight is 575 g/mol. The molecule has 240 valence electrons. The van der Waals surface area contributed by atoms with E-state index in [0.29, 0.717) is 13.2 Å². The SMILES string of the molecule is CCCCC/C=C\C/C=C\CCCCCCCCOCC(O)OCCCCCCCC/C=C\C/C=C\CCCCC. The molecule has 0 fully saturated rings. The fourth-order valence-corrected chi connectivity index (χ4v) is 4.73. The molecule has 0 aliphatic rings. The van der Waals surface area contributed by atoms with Crippen molar-refractivity contribution in [3.05, 3.63) is 48.6 Å². The lowest BCUT2D eigenvalue weighted by Crippen LogP contribution is -2.20. The van der Waals surface area contributed by atoms with Gasteiger partial charge in [-0.15, -0.1) is 0 Å². The third-order valence-corrected chi connectivity index (χ3v) is 7.40. The summed E-state index contributed by atoms with van der Waals surface area (Å²) in [6, 6.07) is 0. The summed E-state index contributed by atoms with van der Waals surface area (Å²) in [5.74, 6) is 0. The normalized spacial score (nSPS) is 13.1. The molecule has 1 N–H and O–H groups in total. The summed E-state index contributed by atoms with van der Waals surface area (Å²) in [6.07, 6.45) is 47.6. The molecule has 0 aromatic rings. The maximum absolute atomic E-state index is 9.94. The third-order valence-electron chi connectivity index (χ3n) is 7.40. The van der Waals surface area contributed by atoms with Gasteiger partial charge >= 0.3 is 0 Å². The van der Waals surface area contributed by atoms with Crippen LogP contribution in [0.2, 0.25) is 0 Å². The fourth-order valence-electron chi connectivity index (χ4n) is 4.73. The number of allylic oxidation sites excluding steroid dienone is 8. The zero-order valence-electron chi connectivity index (χ0n) is 27.6. The Morgan fingerprint density at radius 3 is 1.24 bits per heavy atom. The number of aliphatic hydroxyl groups excluding tert-OH is 1. The van der Waals surface area contributed by atoms with Gasteiger partial charge in [0, 0.05) is 13.2 Å². The van der Waals surface area contributed by atoms with Gasteiger partial charge in [-0.25, -0.2) is 0 Å². The molecule has 0 amide bonds. The highest BCUT2D eigenvalue weighted by atomic mass is 16.6. The van der Waals surface area contributed by atoms with Crippen molar-refractivity contribution in [1.82, 2.24) is 0 Å². The van der Waals surface area contributed by atoms with Gasteiger partial charge in [0.15, 0.2) is 6.29 Å². The lowest BCUT2D eigenvalue weighted by atomic mass is 10.1. The Morgan fingerprint density at radius 2 is 0.805 bits per heavy atom. The molecule has 0 spiro atoms. The minimum Gasteiger partial charge on any atom is -0.376 e. The van der Waals surface area contributed by atoms with E-state index in [1.807, 2.05) is 0 Å². The van der Waals surface area contributed by atoms with Crippen LogP contribution in [-0.2, 0) is 9.47 Å². The molecule has 0 saturated heterocycles. The van der Waals surface area contributed by atoms with Gasteiger partial charge in [0.2, 0.25) is 0 Å². The van der Waals surface area contributed by atoms with E-state index in [1.165, 1.54) is 128 Å². The first-order valence-electron chi connectivity index (χ1n) is 17.8. The molecule has 0 aromatic heterocycles. The summed E-state index contributed by atoms with van der Waals surface area (Å²) >= 11 is 0. The molecule has 0 aliphatic carbocycles. The lowest BCUT2D eigenvalue weighted by molar-refractivity contribution is -0.138. The van der Waals surface area contributed by atoms with Crippen molar-refractivity contribution in [3.63, 3.8) is 0 Å². The van der Waals surface area contributed by atoms with Gasteiger partial charge in [-0.3, -0.25) is 0 Å². The highest BCUT2D eigenvalue weighted by molar-refractivity contribution is 4.93. The van der Waals surface area contributed by atoms with Crippen molar-refractivity contribution in [2.24, 2.45) is 0 Å². The molecular formula is C38H70O3. The summed E-state index contributed by atoms with van der Waals surface area (Å²) in [4.78, 5) is 0.